The zero-order chi connectivity index (χ0) is 28.0. The van der Waals surface area contributed by atoms with Gasteiger partial charge >= 0.3 is 12.1 Å². The Labute approximate surface area is 231 Å². The summed E-state index contributed by atoms with van der Waals surface area (Å²) in [4.78, 5) is 43.1. The van der Waals surface area contributed by atoms with E-state index in [9.17, 15) is 19.5 Å². The van der Waals surface area contributed by atoms with Crippen LogP contribution >= 0.6 is 0 Å². The number of fused-ring (bicyclic) bond motifs is 1. The van der Waals surface area contributed by atoms with Crippen LogP contribution in [0.15, 0.2) is 12.1 Å². The Bertz CT molecular complexity index is 1010. The Kier molecular flexibility index (Phi) is 9.69. The summed E-state index contributed by atoms with van der Waals surface area (Å²) in [7, 11) is 0. The lowest BCUT2D eigenvalue weighted by atomic mass is 9.79. The Balaban J connectivity index is 1.11. The summed E-state index contributed by atoms with van der Waals surface area (Å²) in [5.74, 6) is -0.0148. The van der Waals surface area contributed by atoms with Gasteiger partial charge in [0.1, 0.15) is 17.5 Å². The van der Waals surface area contributed by atoms with Crippen LogP contribution in [0.25, 0.3) is 0 Å². The van der Waals surface area contributed by atoms with Gasteiger partial charge in [-0.25, -0.2) is 14.6 Å². The van der Waals surface area contributed by atoms with Gasteiger partial charge in [-0.3, -0.25) is 4.79 Å². The quantitative estimate of drug-likeness (QED) is 0.406. The first-order valence-corrected chi connectivity index (χ1v) is 14.4. The molecule has 216 valence electrons. The SMILES string of the molecule is CC(C)(C)OC(=O)N1CCC(C(=O)N[C@@H](CCO[C@H]2C[C@H](CCc3ccc4c(n3)NCCC4)C2)C(=O)O)CC1. The van der Waals surface area contributed by atoms with E-state index in [0.29, 0.717) is 38.5 Å². The van der Waals surface area contributed by atoms with Crippen molar-refractivity contribution < 1.29 is 29.0 Å². The van der Waals surface area contributed by atoms with Gasteiger partial charge < -0.3 is 30.1 Å². The minimum Gasteiger partial charge on any atom is -0.480 e. The minimum absolute atomic E-state index is 0.149. The lowest BCUT2D eigenvalue weighted by Crippen LogP contribution is -2.48. The number of piperidine rings is 1. The lowest BCUT2D eigenvalue weighted by Gasteiger charge is -2.35. The summed E-state index contributed by atoms with van der Waals surface area (Å²) in [6, 6.07) is 3.35. The van der Waals surface area contributed by atoms with Gasteiger partial charge in [-0.1, -0.05) is 6.07 Å². The first-order valence-electron chi connectivity index (χ1n) is 14.4. The van der Waals surface area contributed by atoms with Crippen LogP contribution in [0.3, 0.4) is 0 Å². The number of rotatable bonds is 10. The third-order valence-electron chi connectivity index (χ3n) is 7.85. The fraction of sp³-hybridized carbons (Fsp3) is 0.724. The molecule has 0 bridgehead atoms. The zero-order valence-electron chi connectivity index (χ0n) is 23.5. The number of ether oxygens (including phenoxy) is 2. The van der Waals surface area contributed by atoms with Crippen molar-refractivity contribution in [2.45, 2.75) is 96.3 Å². The van der Waals surface area contributed by atoms with Crippen LogP contribution in [0.5, 0.6) is 0 Å². The van der Waals surface area contributed by atoms with E-state index in [-0.39, 0.29) is 30.4 Å². The summed E-state index contributed by atoms with van der Waals surface area (Å²) < 4.78 is 11.3. The van der Waals surface area contributed by atoms with Crippen molar-refractivity contribution in [2.24, 2.45) is 11.8 Å². The molecule has 1 aliphatic carbocycles. The number of carboxylic acids is 1. The molecule has 0 spiro atoms. The van der Waals surface area contributed by atoms with Crippen LogP contribution in [0.1, 0.15) is 77.0 Å². The second-order valence-electron chi connectivity index (χ2n) is 12.1. The summed E-state index contributed by atoms with van der Waals surface area (Å²) in [6.07, 6.45) is 7.19. The molecule has 1 aromatic rings. The van der Waals surface area contributed by atoms with Gasteiger partial charge in [0.05, 0.1) is 6.10 Å². The third kappa shape index (κ3) is 8.55. The topological polar surface area (TPSA) is 130 Å². The monoisotopic (exact) mass is 544 g/mol. The van der Waals surface area contributed by atoms with Crippen LogP contribution in [-0.4, -0.2) is 76.9 Å². The molecule has 3 N–H and O–H groups in total. The molecule has 10 heteroatoms. The first kappa shape index (κ1) is 29.1. The number of carbonyl (C=O) groups excluding carboxylic acids is 2. The molecule has 2 amide bonds. The number of hydrogen-bond donors (Lipinski definition) is 3. The van der Waals surface area contributed by atoms with Crippen LogP contribution in [0.4, 0.5) is 10.6 Å². The van der Waals surface area contributed by atoms with Gasteiger partial charge in [-0.15, -0.1) is 0 Å². The summed E-state index contributed by atoms with van der Waals surface area (Å²) in [6.45, 7) is 7.56. The van der Waals surface area contributed by atoms with Crippen molar-refractivity contribution in [1.82, 2.24) is 15.2 Å². The number of anilines is 1. The lowest BCUT2D eigenvalue weighted by molar-refractivity contribution is -0.143. The molecule has 1 saturated heterocycles. The highest BCUT2D eigenvalue weighted by Gasteiger charge is 2.33. The maximum atomic E-state index is 12.7. The van der Waals surface area contributed by atoms with Gasteiger partial charge in [0, 0.05) is 44.3 Å². The molecule has 0 unspecified atom stereocenters. The maximum absolute atomic E-state index is 12.7. The fourth-order valence-electron chi connectivity index (χ4n) is 5.46. The Morgan fingerprint density at radius 2 is 1.95 bits per heavy atom. The molecule has 1 aromatic heterocycles. The van der Waals surface area contributed by atoms with Gasteiger partial charge in [-0.2, -0.15) is 0 Å². The standard InChI is InChI=1S/C29H44N4O6/c1-29(2,3)39-28(37)33-14-10-21(11-15-33)26(34)32-24(27(35)36)12-16-38-23-17-19(18-23)6-8-22-9-7-20-5-4-13-30-25(20)31-22/h7,9,19,21,23-24H,4-6,8,10-18H2,1-3H3,(H,30,31)(H,32,34)(H,35,36)/t19-,23-,24-/m0/s1. The minimum atomic E-state index is -1.06. The number of likely N-dealkylation sites (tertiary alicyclic amines) is 1. The summed E-state index contributed by atoms with van der Waals surface area (Å²) >= 11 is 0. The van der Waals surface area contributed by atoms with Crippen LogP contribution in [0.2, 0.25) is 0 Å². The number of carboxylic acid groups (broad SMARTS) is 1. The maximum Gasteiger partial charge on any atom is 0.410 e. The Morgan fingerprint density at radius 1 is 1.21 bits per heavy atom. The van der Waals surface area contributed by atoms with Crippen molar-refractivity contribution in [3.8, 4) is 0 Å². The zero-order valence-corrected chi connectivity index (χ0v) is 23.5. The molecule has 3 heterocycles. The highest BCUT2D eigenvalue weighted by Crippen LogP contribution is 2.34. The number of carbonyl (C=O) groups is 3. The predicted octanol–water partition coefficient (Wildman–Crippen LogP) is 3.77. The smallest absolute Gasteiger partial charge is 0.410 e. The third-order valence-corrected chi connectivity index (χ3v) is 7.85. The molecule has 10 nitrogen and oxygen atoms in total. The second-order valence-corrected chi connectivity index (χ2v) is 12.1. The number of hydrogen-bond acceptors (Lipinski definition) is 7. The Hall–Kier alpha value is -2.88. The summed E-state index contributed by atoms with van der Waals surface area (Å²) in [5.41, 5.74) is 1.86. The molecule has 0 radical (unpaired) electrons. The molecule has 4 rings (SSSR count). The van der Waals surface area contributed by atoms with Crippen molar-refractivity contribution in [1.29, 1.82) is 0 Å². The van der Waals surface area contributed by atoms with Gasteiger partial charge in [-0.05, 0) is 89.7 Å². The van der Waals surface area contributed by atoms with E-state index < -0.39 is 17.6 Å². The van der Waals surface area contributed by atoms with E-state index >= 15 is 0 Å². The van der Waals surface area contributed by atoms with Crippen molar-refractivity contribution >= 4 is 23.8 Å². The summed E-state index contributed by atoms with van der Waals surface area (Å²) in [5, 5.41) is 15.7. The Morgan fingerprint density at radius 3 is 2.64 bits per heavy atom. The van der Waals surface area contributed by atoms with Gasteiger partial charge in [0.25, 0.3) is 0 Å². The number of aromatic nitrogens is 1. The van der Waals surface area contributed by atoms with Crippen LogP contribution in [0, 0.1) is 11.8 Å². The highest BCUT2D eigenvalue weighted by molar-refractivity contribution is 5.85. The van der Waals surface area contributed by atoms with Crippen LogP contribution in [-0.2, 0) is 31.9 Å². The number of aliphatic carboxylic acids is 1. The molecule has 2 fully saturated rings. The van der Waals surface area contributed by atoms with E-state index in [1.165, 1.54) is 5.56 Å². The van der Waals surface area contributed by atoms with E-state index in [2.05, 4.69) is 22.8 Å². The van der Waals surface area contributed by atoms with Gasteiger partial charge in [0.2, 0.25) is 5.91 Å². The highest BCUT2D eigenvalue weighted by atomic mass is 16.6. The molecule has 0 aromatic carbocycles. The molecule has 1 atom stereocenters. The van der Waals surface area contributed by atoms with E-state index in [1.54, 1.807) is 4.90 Å². The van der Waals surface area contributed by atoms with Gasteiger partial charge in [0.15, 0.2) is 0 Å². The van der Waals surface area contributed by atoms with Crippen molar-refractivity contribution in [3.63, 3.8) is 0 Å². The van der Waals surface area contributed by atoms with Crippen molar-refractivity contribution in [2.75, 3.05) is 31.6 Å². The number of amides is 2. The number of pyridine rings is 1. The molecular weight excluding hydrogens is 500 g/mol. The number of aryl methyl sites for hydroxylation is 2. The second kappa shape index (κ2) is 13.0. The predicted molar refractivity (Wildman–Crippen MR) is 147 cm³/mol. The fourth-order valence-corrected chi connectivity index (χ4v) is 5.46. The normalized spacial score (nSPS) is 22.2. The van der Waals surface area contributed by atoms with E-state index in [0.717, 1.165) is 56.6 Å². The molecule has 3 aliphatic rings. The van der Waals surface area contributed by atoms with Crippen molar-refractivity contribution in [3.05, 3.63) is 23.4 Å². The van der Waals surface area contributed by atoms with E-state index in [1.807, 2.05) is 20.8 Å². The molecule has 1 saturated carbocycles. The number of nitrogens with one attached hydrogen (secondary N) is 2. The van der Waals surface area contributed by atoms with Crippen LogP contribution < -0.4 is 10.6 Å². The molecular formula is C29H44N4O6. The largest absolute Gasteiger partial charge is 0.480 e. The molecule has 39 heavy (non-hydrogen) atoms. The number of nitrogens with zero attached hydrogens (tertiary/aromatic N) is 2. The molecule has 2 aliphatic heterocycles. The average Bonchev–Trinajstić information content (AvgIpc) is 2.87. The first-order chi connectivity index (χ1) is 18.6. The van der Waals surface area contributed by atoms with E-state index in [4.69, 9.17) is 14.5 Å². The average molecular weight is 545 g/mol.